The molecule has 4 aromatic carbocycles. The van der Waals surface area contributed by atoms with Crippen LogP contribution in [0.3, 0.4) is 0 Å². The molecule has 4 aromatic heterocycles. The van der Waals surface area contributed by atoms with Crippen molar-refractivity contribution < 1.29 is 23.5 Å². The maximum atomic E-state index is 13.2. The van der Waals surface area contributed by atoms with E-state index in [1.807, 2.05) is 59.4 Å². The molecule has 6 heterocycles. The van der Waals surface area contributed by atoms with Crippen LogP contribution in [0.15, 0.2) is 109 Å². The van der Waals surface area contributed by atoms with Gasteiger partial charge in [-0.05, 0) is 98.5 Å². The van der Waals surface area contributed by atoms with E-state index in [2.05, 4.69) is 35.5 Å². The quantitative estimate of drug-likeness (QED) is 0.141. The SMILES string of the molecule is Fc1ccc(-n2ncc3c2CCCN3)cc1.O=C(Cc1nc2ccccc2[nH]1)N1CCCc2c1cnn2-c1ccc(F)cc1.O=C(O)Cc1nc2ccccc2[nH]1. The molecule has 13 nitrogen and oxygen atoms in total. The lowest BCUT2D eigenvalue weighted by Crippen LogP contribution is -2.36. The number of para-hydroxylation sites is 4. The van der Waals surface area contributed by atoms with Gasteiger partial charge >= 0.3 is 5.97 Å². The number of imidazole rings is 2. The van der Waals surface area contributed by atoms with E-state index in [9.17, 15) is 18.4 Å². The molecular weight excluding hydrogens is 731 g/mol. The average Bonchev–Trinajstić information content (AvgIpc) is 4.03. The first-order valence-electron chi connectivity index (χ1n) is 18.6. The Morgan fingerprint density at radius 2 is 1.21 bits per heavy atom. The monoisotopic (exact) mass is 768 g/mol. The maximum absolute atomic E-state index is 13.2. The predicted octanol–water partition coefficient (Wildman–Crippen LogP) is 6.97. The summed E-state index contributed by atoms with van der Waals surface area (Å²) in [6.45, 7) is 1.66. The number of carbonyl (C=O) groups is 2. The van der Waals surface area contributed by atoms with Crippen LogP contribution in [0.1, 0.15) is 35.9 Å². The van der Waals surface area contributed by atoms with Crippen LogP contribution in [0.25, 0.3) is 33.4 Å². The van der Waals surface area contributed by atoms with E-state index in [0.717, 1.165) is 82.7 Å². The summed E-state index contributed by atoms with van der Waals surface area (Å²) >= 11 is 0. The highest BCUT2D eigenvalue weighted by molar-refractivity contribution is 5.95. The number of aromatic nitrogens is 8. The molecule has 0 bridgehead atoms. The molecule has 0 spiro atoms. The highest BCUT2D eigenvalue weighted by Crippen LogP contribution is 2.30. The summed E-state index contributed by atoms with van der Waals surface area (Å²) in [5, 5.41) is 20.6. The number of benzene rings is 4. The van der Waals surface area contributed by atoms with Crippen molar-refractivity contribution in [2.75, 3.05) is 23.3 Å². The number of rotatable bonds is 6. The lowest BCUT2D eigenvalue weighted by molar-refractivity contribution is -0.136. The number of H-pyrrole nitrogens is 2. The molecule has 0 saturated heterocycles. The predicted molar refractivity (Wildman–Crippen MR) is 212 cm³/mol. The Morgan fingerprint density at radius 1 is 0.667 bits per heavy atom. The summed E-state index contributed by atoms with van der Waals surface area (Å²) in [6.07, 6.45) is 7.49. The fourth-order valence-corrected chi connectivity index (χ4v) is 7.02. The summed E-state index contributed by atoms with van der Waals surface area (Å²) < 4.78 is 29.7. The number of hydrogen-bond acceptors (Lipinski definition) is 7. The van der Waals surface area contributed by atoms with Crippen molar-refractivity contribution in [2.45, 2.75) is 38.5 Å². The minimum atomic E-state index is -0.876. The van der Waals surface area contributed by atoms with E-state index in [4.69, 9.17) is 5.11 Å². The van der Waals surface area contributed by atoms with Gasteiger partial charge in [0.15, 0.2) is 0 Å². The van der Waals surface area contributed by atoms with Crippen LogP contribution in [0.4, 0.5) is 20.2 Å². The van der Waals surface area contributed by atoms with Crippen molar-refractivity contribution in [2.24, 2.45) is 0 Å². The van der Waals surface area contributed by atoms with Gasteiger partial charge in [0.05, 0.1) is 75.0 Å². The molecule has 57 heavy (non-hydrogen) atoms. The second-order valence-electron chi connectivity index (χ2n) is 13.6. The number of anilines is 2. The topological polar surface area (TPSA) is 163 Å². The molecule has 0 aliphatic carbocycles. The highest BCUT2D eigenvalue weighted by Gasteiger charge is 2.27. The third-order valence-corrected chi connectivity index (χ3v) is 9.67. The van der Waals surface area contributed by atoms with E-state index >= 15 is 0 Å². The number of amides is 1. The first kappa shape index (κ1) is 36.8. The summed E-state index contributed by atoms with van der Waals surface area (Å²) in [7, 11) is 0. The molecule has 15 heteroatoms. The fraction of sp³-hybridized carbons (Fsp3) is 0.190. The number of fused-ring (bicyclic) bond motifs is 4. The second-order valence-corrected chi connectivity index (χ2v) is 13.6. The molecule has 2 aliphatic rings. The van der Waals surface area contributed by atoms with Crippen molar-refractivity contribution in [1.29, 1.82) is 0 Å². The summed E-state index contributed by atoms with van der Waals surface area (Å²) in [4.78, 5) is 39.9. The minimum absolute atomic E-state index is 0.0151. The van der Waals surface area contributed by atoms with E-state index in [1.165, 1.54) is 30.0 Å². The Kier molecular flexibility index (Phi) is 10.5. The Morgan fingerprint density at radius 3 is 1.81 bits per heavy atom. The second kappa shape index (κ2) is 16.3. The van der Waals surface area contributed by atoms with E-state index < -0.39 is 5.97 Å². The highest BCUT2D eigenvalue weighted by atomic mass is 19.1. The van der Waals surface area contributed by atoms with Crippen molar-refractivity contribution >= 4 is 45.3 Å². The Hall–Kier alpha value is -7.16. The number of aliphatic carboxylic acids is 1. The van der Waals surface area contributed by atoms with Gasteiger partial charge in [0.1, 0.15) is 29.7 Å². The van der Waals surface area contributed by atoms with E-state index in [0.29, 0.717) is 18.2 Å². The zero-order chi connectivity index (χ0) is 39.3. The van der Waals surface area contributed by atoms with Gasteiger partial charge in [0.2, 0.25) is 5.91 Å². The lowest BCUT2D eigenvalue weighted by atomic mass is 10.1. The van der Waals surface area contributed by atoms with Crippen LogP contribution in [0, 0.1) is 11.6 Å². The normalized spacial score (nSPS) is 13.1. The van der Waals surface area contributed by atoms with Crippen LogP contribution >= 0.6 is 0 Å². The van der Waals surface area contributed by atoms with Gasteiger partial charge in [-0.3, -0.25) is 9.59 Å². The molecule has 0 radical (unpaired) electrons. The number of carboxylic acid groups (broad SMARTS) is 1. The summed E-state index contributed by atoms with van der Waals surface area (Å²) in [5.41, 5.74) is 9.21. The first-order chi connectivity index (χ1) is 27.8. The van der Waals surface area contributed by atoms with Crippen molar-refractivity contribution in [3.05, 3.63) is 144 Å². The molecule has 0 fully saturated rings. The molecule has 0 saturated carbocycles. The largest absolute Gasteiger partial charge is 0.481 e. The molecule has 0 unspecified atom stereocenters. The van der Waals surface area contributed by atoms with E-state index in [-0.39, 0.29) is 30.4 Å². The van der Waals surface area contributed by atoms with Gasteiger partial charge in [-0.25, -0.2) is 28.1 Å². The zero-order valence-electron chi connectivity index (χ0n) is 30.7. The van der Waals surface area contributed by atoms with Gasteiger partial charge < -0.3 is 25.3 Å². The van der Waals surface area contributed by atoms with Crippen molar-refractivity contribution in [3.63, 3.8) is 0 Å². The Labute approximate surface area is 325 Å². The minimum Gasteiger partial charge on any atom is -0.481 e. The number of halogens is 2. The van der Waals surface area contributed by atoms with Crippen LogP contribution in [-0.4, -0.2) is 69.6 Å². The fourth-order valence-electron chi connectivity index (χ4n) is 7.02. The van der Waals surface area contributed by atoms with E-state index in [1.54, 1.807) is 40.0 Å². The maximum Gasteiger partial charge on any atom is 0.311 e. The lowest BCUT2D eigenvalue weighted by Gasteiger charge is -2.27. The summed E-state index contributed by atoms with van der Waals surface area (Å²) in [6, 6.07) is 27.8. The molecular formula is C42H38F2N10O3. The van der Waals surface area contributed by atoms with Gasteiger partial charge in [0, 0.05) is 13.1 Å². The number of nitrogens with one attached hydrogen (secondary N) is 3. The van der Waals surface area contributed by atoms with Crippen LogP contribution in [-0.2, 0) is 35.3 Å². The molecule has 1 amide bonds. The molecule has 288 valence electrons. The molecule has 4 N–H and O–H groups in total. The van der Waals surface area contributed by atoms with Gasteiger partial charge in [0.25, 0.3) is 0 Å². The first-order valence-corrected chi connectivity index (χ1v) is 18.6. The summed E-state index contributed by atoms with van der Waals surface area (Å²) in [5.74, 6) is -0.244. The number of hydrogen-bond donors (Lipinski definition) is 4. The third-order valence-electron chi connectivity index (χ3n) is 9.67. The Balaban J connectivity index is 0.000000132. The number of aromatic amines is 2. The van der Waals surface area contributed by atoms with Crippen molar-refractivity contribution in [3.8, 4) is 11.4 Å². The molecule has 10 rings (SSSR count). The number of carbonyl (C=O) groups excluding carboxylic acids is 1. The number of nitrogens with zero attached hydrogens (tertiary/aromatic N) is 7. The van der Waals surface area contributed by atoms with Gasteiger partial charge in [-0.1, -0.05) is 24.3 Å². The molecule has 0 atom stereocenters. The van der Waals surface area contributed by atoms with Gasteiger partial charge in [-0.15, -0.1) is 0 Å². The van der Waals surface area contributed by atoms with Crippen molar-refractivity contribution in [1.82, 2.24) is 39.5 Å². The molecule has 2 aliphatic heterocycles. The van der Waals surface area contributed by atoms with Crippen LogP contribution < -0.4 is 10.2 Å². The van der Waals surface area contributed by atoms with Crippen LogP contribution in [0.2, 0.25) is 0 Å². The third kappa shape index (κ3) is 8.27. The zero-order valence-corrected chi connectivity index (χ0v) is 30.7. The number of carboxylic acids is 1. The average molecular weight is 769 g/mol. The standard InChI is InChI=1S/C21H18FN5O.C12H12FN3.C9H8N2O2/c22-14-7-9-15(10-8-14)27-18-6-3-11-26(19(18)13-23-27)21(28)12-20-24-16-4-1-2-5-17(16)25-20;13-9-3-5-10(6-4-9)16-12-2-1-7-14-11(12)8-15-16;12-9(13)5-8-10-6-3-1-2-4-7(6)11-8/h1-2,4-5,7-10,13H,3,6,11-12H2,(H,24,25);3-6,8,14H,1-2,7H2;1-4H,5H2,(H,10,11)(H,12,13). The Bertz CT molecular complexity index is 2600. The van der Waals surface area contributed by atoms with Gasteiger partial charge in [-0.2, -0.15) is 10.2 Å². The molecule has 8 aromatic rings. The van der Waals surface area contributed by atoms with Crippen LogP contribution in [0.5, 0.6) is 0 Å². The smallest absolute Gasteiger partial charge is 0.311 e.